The maximum Gasteiger partial charge on any atom is 0.335 e. The van der Waals surface area contributed by atoms with Gasteiger partial charge in [-0.15, -0.1) is 0 Å². The molecule has 2 aromatic heterocycles. The van der Waals surface area contributed by atoms with Crippen LogP contribution < -0.4 is 0 Å². The molecule has 0 saturated carbocycles. The normalized spacial score (nSPS) is 10.7. The number of carbonyl (C=O) groups is 1. The average molecular weight is 270 g/mol. The summed E-state index contributed by atoms with van der Waals surface area (Å²) in [5.41, 5.74) is 1.48. The minimum Gasteiger partial charge on any atom is -0.478 e. The van der Waals surface area contributed by atoms with Crippen LogP contribution >= 0.6 is 0 Å². The van der Waals surface area contributed by atoms with Gasteiger partial charge >= 0.3 is 5.97 Å². The SMILES string of the molecule is Cn1cnc(-c2nc(-c3ccc(C(=O)O)cc3)no2)c1. The van der Waals surface area contributed by atoms with E-state index in [0.29, 0.717) is 23.0 Å². The summed E-state index contributed by atoms with van der Waals surface area (Å²) >= 11 is 0. The van der Waals surface area contributed by atoms with E-state index in [1.807, 2.05) is 7.05 Å². The third-order valence-corrected chi connectivity index (χ3v) is 2.74. The third kappa shape index (κ3) is 2.16. The molecule has 0 aliphatic heterocycles. The van der Waals surface area contributed by atoms with Crippen molar-refractivity contribution >= 4 is 5.97 Å². The maximum atomic E-state index is 10.8. The van der Waals surface area contributed by atoms with Gasteiger partial charge in [-0.3, -0.25) is 0 Å². The van der Waals surface area contributed by atoms with Crippen LogP contribution in [0.25, 0.3) is 23.0 Å². The van der Waals surface area contributed by atoms with Gasteiger partial charge in [0.1, 0.15) is 5.69 Å². The van der Waals surface area contributed by atoms with Crippen molar-refractivity contribution in [1.82, 2.24) is 19.7 Å². The molecule has 0 radical (unpaired) electrons. The highest BCUT2D eigenvalue weighted by Crippen LogP contribution is 2.21. The molecule has 1 N–H and O–H groups in total. The third-order valence-electron chi connectivity index (χ3n) is 2.74. The molecule has 3 aromatic rings. The molecule has 0 atom stereocenters. The van der Waals surface area contributed by atoms with Crippen molar-refractivity contribution in [3.63, 3.8) is 0 Å². The van der Waals surface area contributed by atoms with Crippen LogP contribution in [0, 0.1) is 0 Å². The Labute approximate surface area is 113 Å². The lowest BCUT2D eigenvalue weighted by molar-refractivity contribution is 0.0697. The maximum absolute atomic E-state index is 10.8. The standard InChI is InChI=1S/C13H10N4O3/c1-17-6-10(14-7-17)12-15-11(16-20-12)8-2-4-9(5-3-8)13(18)19/h2-7H,1H3,(H,18,19). The molecule has 0 unspecified atom stereocenters. The van der Waals surface area contributed by atoms with Crippen molar-refractivity contribution in [2.45, 2.75) is 0 Å². The van der Waals surface area contributed by atoms with Gasteiger partial charge in [-0.25, -0.2) is 9.78 Å². The molecule has 0 spiro atoms. The first kappa shape index (κ1) is 12.1. The fourth-order valence-corrected chi connectivity index (χ4v) is 1.73. The second-order valence-electron chi connectivity index (χ2n) is 4.23. The first-order valence-electron chi connectivity index (χ1n) is 5.79. The van der Waals surface area contributed by atoms with Crippen LogP contribution in [0.2, 0.25) is 0 Å². The van der Waals surface area contributed by atoms with Crippen LogP contribution in [0.15, 0.2) is 41.3 Å². The summed E-state index contributed by atoms with van der Waals surface area (Å²) in [5.74, 6) is -0.260. The van der Waals surface area contributed by atoms with Gasteiger partial charge in [-0.2, -0.15) is 4.98 Å². The summed E-state index contributed by atoms with van der Waals surface area (Å²) in [7, 11) is 1.85. The minimum absolute atomic E-state index is 0.210. The summed E-state index contributed by atoms with van der Waals surface area (Å²) in [5, 5.41) is 12.7. The molecule has 100 valence electrons. The van der Waals surface area contributed by atoms with E-state index >= 15 is 0 Å². The summed E-state index contributed by atoms with van der Waals surface area (Å²) < 4.78 is 6.92. The monoisotopic (exact) mass is 270 g/mol. The number of aryl methyl sites for hydroxylation is 1. The Bertz CT molecular complexity index is 758. The number of imidazole rings is 1. The number of rotatable bonds is 3. The summed E-state index contributed by atoms with van der Waals surface area (Å²) in [6.45, 7) is 0. The van der Waals surface area contributed by atoms with Gasteiger partial charge in [-0.1, -0.05) is 17.3 Å². The number of hydrogen-bond donors (Lipinski definition) is 1. The summed E-state index contributed by atoms with van der Waals surface area (Å²) in [4.78, 5) is 19.1. The molecule has 0 amide bonds. The zero-order chi connectivity index (χ0) is 14.1. The van der Waals surface area contributed by atoms with Gasteiger partial charge in [0.2, 0.25) is 5.82 Å². The molecule has 0 bridgehead atoms. The summed E-state index contributed by atoms with van der Waals surface area (Å²) in [6, 6.07) is 6.26. The average Bonchev–Trinajstić information content (AvgIpc) is 3.07. The molecular weight excluding hydrogens is 260 g/mol. The van der Waals surface area contributed by atoms with Crippen molar-refractivity contribution < 1.29 is 14.4 Å². The van der Waals surface area contributed by atoms with Gasteiger partial charge in [0, 0.05) is 18.8 Å². The van der Waals surface area contributed by atoms with Gasteiger partial charge < -0.3 is 14.2 Å². The van der Waals surface area contributed by atoms with Crippen LogP contribution in [0.3, 0.4) is 0 Å². The smallest absolute Gasteiger partial charge is 0.335 e. The van der Waals surface area contributed by atoms with Gasteiger partial charge in [0.15, 0.2) is 0 Å². The lowest BCUT2D eigenvalue weighted by Gasteiger charge is -1.95. The van der Waals surface area contributed by atoms with Gasteiger partial charge in [-0.05, 0) is 12.1 Å². The number of hydrogen-bond acceptors (Lipinski definition) is 5. The number of aromatic nitrogens is 4. The number of nitrogens with zero attached hydrogens (tertiary/aromatic N) is 4. The molecule has 0 fully saturated rings. The van der Waals surface area contributed by atoms with Gasteiger partial charge in [0.05, 0.1) is 11.9 Å². The van der Waals surface area contributed by atoms with Crippen molar-refractivity contribution in [2.24, 2.45) is 7.05 Å². The number of aromatic carboxylic acids is 1. The molecule has 0 saturated heterocycles. The number of carboxylic acid groups (broad SMARTS) is 1. The van der Waals surface area contributed by atoms with Crippen LogP contribution in [0.4, 0.5) is 0 Å². The predicted molar refractivity (Wildman–Crippen MR) is 68.9 cm³/mol. The van der Waals surface area contributed by atoms with E-state index in [9.17, 15) is 4.79 Å². The number of carboxylic acids is 1. The zero-order valence-corrected chi connectivity index (χ0v) is 10.5. The topological polar surface area (TPSA) is 94.0 Å². The second kappa shape index (κ2) is 4.61. The van der Waals surface area contributed by atoms with Gasteiger partial charge in [0.25, 0.3) is 5.89 Å². The highest BCUT2D eigenvalue weighted by molar-refractivity contribution is 5.88. The molecular formula is C13H10N4O3. The zero-order valence-electron chi connectivity index (χ0n) is 10.5. The molecule has 3 rings (SSSR count). The Kier molecular flexibility index (Phi) is 2.79. The Morgan fingerprint density at radius 1 is 1.30 bits per heavy atom. The predicted octanol–water partition coefficient (Wildman–Crippen LogP) is 1.84. The molecule has 0 aliphatic rings. The largest absolute Gasteiger partial charge is 0.478 e. The fourth-order valence-electron chi connectivity index (χ4n) is 1.73. The first-order chi connectivity index (χ1) is 9.63. The first-order valence-corrected chi connectivity index (χ1v) is 5.79. The molecule has 1 aromatic carbocycles. The number of benzene rings is 1. The Balaban J connectivity index is 1.91. The Hall–Kier alpha value is -2.96. The Morgan fingerprint density at radius 3 is 2.65 bits per heavy atom. The minimum atomic E-state index is -0.973. The molecule has 20 heavy (non-hydrogen) atoms. The molecule has 7 heteroatoms. The van der Waals surface area contributed by atoms with E-state index in [-0.39, 0.29) is 5.56 Å². The molecule has 2 heterocycles. The van der Waals surface area contributed by atoms with E-state index in [1.54, 1.807) is 29.2 Å². The van der Waals surface area contributed by atoms with E-state index in [1.165, 1.54) is 12.1 Å². The highest BCUT2D eigenvalue weighted by Gasteiger charge is 2.13. The van der Waals surface area contributed by atoms with E-state index in [2.05, 4.69) is 15.1 Å². The highest BCUT2D eigenvalue weighted by atomic mass is 16.5. The lowest BCUT2D eigenvalue weighted by Crippen LogP contribution is -1.95. The van der Waals surface area contributed by atoms with Crippen molar-refractivity contribution in [3.8, 4) is 23.0 Å². The lowest BCUT2D eigenvalue weighted by atomic mass is 10.1. The van der Waals surface area contributed by atoms with Crippen molar-refractivity contribution in [1.29, 1.82) is 0 Å². The second-order valence-corrected chi connectivity index (χ2v) is 4.23. The van der Waals surface area contributed by atoms with Crippen LogP contribution in [-0.4, -0.2) is 30.8 Å². The van der Waals surface area contributed by atoms with E-state index in [0.717, 1.165) is 0 Å². The van der Waals surface area contributed by atoms with Crippen LogP contribution in [0.5, 0.6) is 0 Å². The summed E-state index contributed by atoms with van der Waals surface area (Å²) in [6.07, 6.45) is 3.41. The van der Waals surface area contributed by atoms with Crippen LogP contribution in [-0.2, 0) is 7.05 Å². The molecule has 7 nitrogen and oxygen atoms in total. The van der Waals surface area contributed by atoms with E-state index in [4.69, 9.17) is 9.63 Å². The van der Waals surface area contributed by atoms with Crippen LogP contribution in [0.1, 0.15) is 10.4 Å². The molecule has 0 aliphatic carbocycles. The van der Waals surface area contributed by atoms with Crippen molar-refractivity contribution in [3.05, 3.63) is 42.4 Å². The quantitative estimate of drug-likeness (QED) is 0.780. The van der Waals surface area contributed by atoms with E-state index < -0.39 is 5.97 Å². The van der Waals surface area contributed by atoms with Crippen molar-refractivity contribution in [2.75, 3.05) is 0 Å². The Morgan fingerprint density at radius 2 is 2.05 bits per heavy atom. The fraction of sp³-hybridized carbons (Fsp3) is 0.0769.